The van der Waals surface area contributed by atoms with Crippen molar-refractivity contribution in [3.05, 3.63) is 18.2 Å². The Morgan fingerprint density at radius 3 is 1.76 bits per heavy atom. The van der Waals surface area contributed by atoms with E-state index in [0.29, 0.717) is 0 Å². The fraction of sp³-hybridized carbons (Fsp3) is 0.700. The van der Waals surface area contributed by atoms with E-state index >= 15 is 0 Å². The van der Waals surface area contributed by atoms with E-state index in [0.717, 1.165) is 12.4 Å². The van der Waals surface area contributed by atoms with Gasteiger partial charge in [-0.1, -0.05) is 17.5 Å². The molecule has 7 nitrogen and oxygen atoms in total. The molecule has 1 heterocycles. The summed E-state index contributed by atoms with van der Waals surface area (Å²) in [5.74, 6) is 1.12. The second-order valence-corrected chi connectivity index (χ2v) is 8.11. The zero-order chi connectivity index (χ0) is 20.1. The normalized spacial score (nSPS) is 13.3. The lowest BCUT2D eigenvalue weighted by Gasteiger charge is -2.11. The van der Waals surface area contributed by atoms with Gasteiger partial charge in [-0.05, 0) is 13.3 Å². The number of halogens is 6. The summed E-state index contributed by atoms with van der Waals surface area (Å²) in [5.41, 5.74) is -12.3. The summed E-state index contributed by atoms with van der Waals surface area (Å²) >= 11 is 0. The highest BCUT2D eigenvalue weighted by atomic mass is 32.3. The molecule has 0 atom stereocenters. The van der Waals surface area contributed by atoms with Gasteiger partial charge in [-0.15, -0.1) is 0 Å². The molecule has 25 heavy (non-hydrogen) atoms. The number of rotatable bonds is 5. The number of aryl methyl sites for hydroxylation is 2. The molecule has 1 rings (SSSR count). The molecule has 15 heteroatoms. The molecule has 0 saturated heterocycles. The lowest BCUT2D eigenvalue weighted by molar-refractivity contribution is -0.0476. The number of alkyl halides is 6. The lowest BCUT2D eigenvalue weighted by Crippen LogP contribution is -2.45. The van der Waals surface area contributed by atoms with Gasteiger partial charge < -0.3 is 4.57 Å². The summed E-state index contributed by atoms with van der Waals surface area (Å²) in [6.45, 7) is 5.35. The molecule has 1 N–H and O–H groups in total. The van der Waals surface area contributed by atoms with Gasteiger partial charge in [0, 0.05) is 18.9 Å². The minimum absolute atomic E-state index is 0.493. The molecule has 0 aromatic carbocycles. The van der Waals surface area contributed by atoms with E-state index in [1.165, 1.54) is 12.8 Å². The molecular weight excluding hydrogens is 404 g/mol. The first-order valence-corrected chi connectivity index (χ1v) is 9.40. The molecule has 0 aliphatic carbocycles. The SMILES string of the molecule is CCCCn1ccnc1C.O=S(=O)(NS(=O)(=O)C(F)(F)F)C(F)(F)F. The molecule has 1 aromatic rings. The summed E-state index contributed by atoms with van der Waals surface area (Å²) in [4.78, 5) is 4.13. The van der Waals surface area contributed by atoms with E-state index in [4.69, 9.17) is 0 Å². The Kier molecular flexibility index (Phi) is 7.90. The Balaban J connectivity index is 0.000000496. The lowest BCUT2D eigenvalue weighted by atomic mass is 10.3. The molecule has 1 aromatic heterocycles. The van der Waals surface area contributed by atoms with Gasteiger partial charge in [-0.2, -0.15) is 26.3 Å². The van der Waals surface area contributed by atoms with Crippen LogP contribution in [0.4, 0.5) is 26.3 Å². The molecule has 0 amide bonds. The maximum Gasteiger partial charge on any atom is 0.512 e. The summed E-state index contributed by atoms with van der Waals surface area (Å²) in [5, 5.41) is 0. The van der Waals surface area contributed by atoms with Crippen molar-refractivity contribution >= 4 is 20.0 Å². The van der Waals surface area contributed by atoms with Crippen LogP contribution in [0.3, 0.4) is 0 Å². The van der Waals surface area contributed by atoms with Gasteiger partial charge in [0.15, 0.2) is 0 Å². The van der Waals surface area contributed by atoms with Crippen molar-refractivity contribution in [2.45, 2.75) is 44.3 Å². The highest BCUT2D eigenvalue weighted by Gasteiger charge is 2.55. The van der Waals surface area contributed by atoms with E-state index in [1.807, 2.05) is 19.3 Å². The van der Waals surface area contributed by atoms with Crippen molar-refractivity contribution in [2.24, 2.45) is 0 Å². The maximum atomic E-state index is 11.5. The minimum Gasteiger partial charge on any atom is -0.335 e. The number of hydrogen-bond acceptors (Lipinski definition) is 5. The first kappa shape index (κ1) is 23.6. The van der Waals surface area contributed by atoms with Crippen LogP contribution in [0.25, 0.3) is 0 Å². The molecule has 0 aliphatic heterocycles. The van der Waals surface area contributed by atoms with Crippen LogP contribution in [-0.4, -0.2) is 37.4 Å². The Morgan fingerprint density at radius 2 is 1.48 bits per heavy atom. The second kappa shape index (κ2) is 8.35. The predicted molar refractivity (Wildman–Crippen MR) is 75.0 cm³/mol. The van der Waals surface area contributed by atoms with Gasteiger partial charge in [0.05, 0.1) is 0 Å². The van der Waals surface area contributed by atoms with E-state index in [-0.39, 0.29) is 0 Å². The Hall–Kier alpha value is -1.35. The fourth-order valence-electron chi connectivity index (χ4n) is 1.21. The topological polar surface area (TPSA) is 98.1 Å². The molecular formula is C10H15F6N3O4S2. The van der Waals surface area contributed by atoms with Gasteiger partial charge in [0.25, 0.3) is 0 Å². The fourth-order valence-corrected chi connectivity index (χ4v) is 3.12. The average molecular weight is 419 g/mol. The van der Waals surface area contributed by atoms with Crippen LogP contribution in [0.2, 0.25) is 0 Å². The largest absolute Gasteiger partial charge is 0.512 e. The summed E-state index contributed by atoms with van der Waals surface area (Å²) < 4.78 is 111. The predicted octanol–water partition coefficient (Wildman–Crippen LogP) is 2.27. The highest BCUT2D eigenvalue weighted by molar-refractivity contribution is 8.05. The van der Waals surface area contributed by atoms with Gasteiger partial charge in [-0.3, -0.25) is 0 Å². The van der Waals surface area contributed by atoms with Crippen LogP contribution >= 0.6 is 0 Å². The number of sulfonamides is 2. The van der Waals surface area contributed by atoms with E-state index < -0.39 is 35.2 Å². The van der Waals surface area contributed by atoms with Crippen LogP contribution in [0.15, 0.2) is 12.4 Å². The van der Waals surface area contributed by atoms with Gasteiger partial charge in [-0.25, -0.2) is 21.8 Å². The van der Waals surface area contributed by atoms with Crippen molar-refractivity contribution in [1.82, 2.24) is 13.7 Å². The van der Waals surface area contributed by atoms with Crippen molar-refractivity contribution in [3.63, 3.8) is 0 Å². The molecule has 0 spiro atoms. The van der Waals surface area contributed by atoms with Crippen LogP contribution in [0.1, 0.15) is 25.6 Å². The minimum atomic E-state index is -6.60. The average Bonchev–Trinajstić information content (AvgIpc) is 2.78. The Labute approximate surface area is 140 Å². The summed E-state index contributed by atoms with van der Waals surface area (Å²) in [6, 6.07) is 0. The first-order valence-electron chi connectivity index (χ1n) is 6.44. The summed E-state index contributed by atoms with van der Waals surface area (Å²) in [6.07, 6.45) is 6.38. The maximum absolute atomic E-state index is 11.5. The van der Waals surface area contributed by atoms with E-state index in [1.54, 1.807) is 0 Å². The van der Waals surface area contributed by atoms with Crippen molar-refractivity contribution in [1.29, 1.82) is 0 Å². The third-order valence-electron chi connectivity index (χ3n) is 2.51. The smallest absolute Gasteiger partial charge is 0.335 e. The van der Waals surface area contributed by atoms with Crippen LogP contribution in [0.5, 0.6) is 0 Å². The number of imidazole rings is 1. The number of nitrogens with one attached hydrogen (secondary N) is 1. The van der Waals surface area contributed by atoms with Crippen molar-refractivity contribution < 1.29 is 43.2 Å². The number of nitrogens with zero attached hydrogens (tertiary/aromatic N) is 2. The van der Waals surface area contributed by atoms with Crippen LogP contribution in [0, 0.1) is 6.92 Å². The van der Waals surface area contributed by atoms with Crippen molar-refractivity contribution in [2.75, 3.05) is 0 Å². The molecule has 0 saturated carbocycles. The van der Waals surface area contributed by atoms with Crippen molar-refractivity contribution in [3.8, 4) is 0 Å². The van der Waals surface area contributed by atoms with Gasteiger partial charge in [0.2, 0.25) is 0 Å². The zero-order valence-corrected chi connectivity index (χ0v) is 14.5. The molecule has 0 bridgehead atoms. The summed E-state index contributed by atoms with van der Waals surface area (Å²) in [7, 11) is -13.2. The van der Waals surface area contributed by atoms with E-state index in [2.05, 4.69) is 16.5 Å². The molecule has 0 fully saturated rings. The zero-order valence-electron chi connectivity index (χ0n) is 12.9. The molecule has 148 valence electrons. The number of aromatic nitrogens is 2. The molecule has 0 aliphatic rings. The molecule has 0 radical (unpaired) electrons. The standard InChI is InChI=1S/C8H14N2.C2HF6NO4S2/c1-3-4-6-10-7-5-9-8(10)2;3-1(4,5)14(10,11)9-15(12,13)2(6,7)8/h5,7H,3-4,6H2,1-2H3;9H. The van der Waals surface area contributed by atoms with Crippen LogP contribution in [-0.2, 0) is 26.6 Å². The Morgan fingerprint density at radius 1 is 1.04 bits per heavy atom. The Bertz CT molecular complexity index is 710. The quantitative estimate of drug-likeness (QED) is 0.739. The number of hydrogen-bond donors (Lipinski definition) is 1. The third kappa shape index (κ3) is 7.19. The van der Waals surface area contributed by atoms with Gasteiger partial charge in [0.1, 0.15) is 5.82 Å². The van der Waals surface area contributed by atoms with Gasteiger partial charge >= 0.3 is 31.1 Å². The van der Waals surface area contributed by atoms with E-state index in [9.17, 15) is 43.2 Å². The number of unbranched alkanes of at least 4 members (excludes halogenated alkanes) is 1. The first-order chi connectivity index (χ1) is 11.0. The third-order valence-corrected chi connectivity index (χ3v) is 5.48. The highest BCUT2D eigenvalue weighted by Crippen LogP contribution is 2.27. The molecule has 0 unspecified atom stereocenters. The monoisotopic (exact) mass is 419 g/mol. The second-order valence-electron chi connectivity index (χ2n) is 4.50. The van der Waals surface area contributed by atoms with Crippen LogP contribution < -0.4 is 4.13 Å².